The highest BCUT2D eigenvalue weighted by atomic mass is 16.5. The molecule has 1 amide bonds. The Labute approximate surface area is 153 Å². The van der Waals surface area contributed by atoms with Crippen molar-refractivity contribution in [2.24, 2.45) is 11.7 Å². The summed E-state index contributed by atoms with van der Waals surface area (Å²) in [6, 6.07) is 8.38. The van der Waals surface area contributed by atoms with Crippen molar-refractivity contribution >= 4 is 5.91 Å². The van der Waals surface area contributed by atoms with Gasteiger partial charge in [-0.3, -0.25) is 9.69 Å². The molecule has 1 aromatic heterocycles. The molecule has 0 saturated carbocycles. The lowest BCUT2D eigenvalue weighted by molar-refractivity contribution is -0.123. The number of aromatic nitrogens is 4. The van der Waals surface area contributed by atoms with Crippen molar-refractivity contribution in [1.82, 2.24) is 25.1 Å². The zero-order valence-corrected chi connectivity index (χ0v) is 15.3. The summed E-state index contributed by atoms with van der Waals surface area (Å²) < 4.78 is 6.98. The first kappa shape index (κ1) is 18.5. The second-order valence-corrected chi connectivity index (χ2v) is 6.78. The zero-order chi connectivity index (χ0) is 18.5. The van der Waals surface area contributed by atoms with Crippen LogP contribution in [0.3, 0.4) is 0 Å². The maximum absolute atomic E-state index is 11.5. The van der Waals surface area contributed by atoms with Crippen LogP contribution >= 0.6 is 0 Å². The van der Waals surface area contributed by atoms with Gasteiger partial charge >= 0.3 is 0 Å². The molecule has 26 heavy (non-hydrogen) atoms. The Morgan fingerprint density at radius 1 is 1.31 bits per heavy atom. The van der Waals surface area contributed by atoms with Crippen molar-refractivity contribution in [1.29, 1.82) is 0 Å². The third kappa shape index (κ3) is 4.08. The normalized spacial score (nSPS) is 17.3. The lowest BCUT2D eigenvalue weighted by atomic mass is 9.93. The molecule has 2 heterocycles. The standard InChI is InChI=1S/C18H26N6O2/c1-13-3-5-14(6-4-13)16(18-20-21-22-24(18)11-12-26-2)23-9-7-15(8-10-23)17(19)25/h3-6,15-16H,7-12H2,1-2H3,(H2,19,25)/t16-/m1/s1. The van der Waals surface area contributed by atoms with Crippen LogP contribution in [-0.4, -0.2) is 57.8 Å². The molecule has 1 atom stereocenters. The van der Waals surface area contributed by atoms with Gasteiger partial charge in [-0.25, -0.2) is 4.68 Å². The van der Waals surface area contributed by atoms with Gasteiger partial charge in [0.1, 0.15) is 0 Å². The Balaban J connectivity index is 1.89. The summed E-state index contributed by atoms with van der Waals surface area (Å²) in [7, 11) is 1.66. The predicted octanol–water partition coefficient (Wildman–Crippen LogP) is 0.915. The quantitative estimate of drug-likeness (QED) is 0.790. The van der Waals surface area contributed by atoms with E-state index < -0.39 is 0 Å². The predicted molar refractivity (Wildman–Crippen MR) is 96.2 cm³/mol. The van der Waals surface area contributed by atoms with Gasteiger partial charge in [0, 0.05) is 13.0 Å². The van der Waals surface area contributed by atoms with E-state index >= 15 is 0 Å². The molecule has 2 N–H and O–H groups in total. The second kappa shape index (κ2) is 8.37. The van der Waals surface area contributed by atoms with Crippen LogP contribution in [0.2, 0.25) is 0 Å². The molecule has 140 valence electrons. The number of carbonyl (C=O) groups excluding carboxylic acids is 1. The first-order valence-corrected chi connectivity index (χ1v) is 8.95. The minimum absolute atomic E-state index is 0.0468. The number of carbonyl (C=O) groups is 1. The van der Waals surface area contributed by atoms with Gasteiger partial charge in [-0.15, -0.1) is 5.10 Å². The zero-order valence-electron chi connectivity index (χ0n) is 15.3. The number of likely N-dealkylation sites (tertiary alicyclic amines) is 1. The van der Waals surface area contributed by atoms with Gasteiger partial charge in [-0.1, -0.05) is 29.8 Å². The van der Waals surface area contributed by atoms with E-state index in [2.05, 4.69) is 51.6 Å². The van der Waals surface area contributed by atoms with Crippen LogP contribution in [0.1, 0.15) is 35.8 Å². The molecule has 3 rings (SSSR count). The molecule has 1 saturated heterocycles. The Morgan fingerprint density at radius 2 is 2.00 bits per heavy atom. The van der Waals surface area contributed by atoms with Crippen LogP contribution < -0.4 is 5.73 Å². The molecule has 0 unspecified atom stereocenters. The van der Waals surface area contributed by atoms with Gasteiger partial charge in [0.05, 0.1) is 19.2 Å². The number of ether oxygens (including phenoxy) is 1. The van der Waals surface area contributed by atoms with Gasteiger partial charge < -0.3 is 10.5 Å². The number of primary amides is 1. The highest BCUT2D eigenvalue weighted by molar-refractivity contribution is 5.76. The van der Waals surface area contributed by atoms with Crippen molar-refractivity contribution in [3.63, 3.8) is 0 Å². The summed E-state index contributed by atoms with van der Waals surface area (Å²) in [4.78, 5) is 13.8. The number of hydrogen-bond donors (Lipinski definition) is 1. The molecule has 1 aromatic carbocycles. The molecule has 8 heteroatoms. The number of benzene rings is 1. The summed E-state index contributed by atoms with van der Waals surface area (Å²) >= 11 is 0. The maximum atomic E-state index is 11.5. The van der Waals surface area contributed by atoms with E-state index in [1.165, 1.54) is 5.56 Å². The minimum Gasteiger partial charge on any atom is -0.383 e. The average Bonchev–Trinajstić information content (AvgIpc) is 3.10. The second-order valence-electron chi connectivity index (χ2n) is 6.78. The van der Waals surface area contributed by atoms with E-state index in [9.17, 15) is 4.79 Å². The molecule has 0 radical (unpaired) electrons. The van der Waals surface area contributed by atoms with Crippen LogP contribution in [0, 0.1) is 12.8 Å². The minimum atomic E-state index is -0.207. The van der Waals surface area contributed by atoms with Crippen LogP contribution in [0.5, 0.6) is 0 Å². The summed E-state index contributed by atoms with van der Waals surface area (Å²) in [5, 5.41) is 12.3. The van der Waals surface area contributed by atoms with Crippen molar-refractivity contribution in [3.8, 4) is 0 Å². The molecule has 1 fully saturated rings. The topological polar surface area (TPSA) is 99.2 Å². The Kier molecular flexibility index (Phi) is 5.95. The molecule has 8 nitrogen and oxygen atoms in total. The number of amides is 1. The maximum Gasteiger partial charge on any atom is 0.220 e. The number of nitrogens with two attached hydrogens (primary N) is 1. The number of methoxy groups -OCH3 is 1. The highest BCUT2D eigenvalue weighted by Crippen LogP contribution is 2.31. The van der Waals surface area contributed by atoms with Crippen LogP contribution in [0.25, 0.3) is 0 Å². The third-order valence-electron chi connectivity index (χ3n) is 5.00. The van der Waals surface area contributed by atoms with E-state index in [-0.39, 0.29) is 17.9 Å². The van der Waals surface area contributed by atoms with Crippen molar-refractivity contribution < 1.29 is 9.53 Å². The van der Waals surface area contributed by atoms with E-state index in [4.69, 9.17) is 10.5 Å². The third-order valence-corrected chi connectivity index (χ3v) is 5.00. The van der Waals surface area contributed by atoms with Crippen molar-refractivity contribution in [2.75, 3.05) is 26.8 Å². The number of aryl methyl sites for hydroxylation is 1. The smallest absolute Gasteiger partial charge is 0.220 e. The Hall–Kier alpha value is -2.32. The Morgan fingerprint density at radius 3 is 2.62 bits per heavy atom. The molecule has 0 spiro atoms. The molecule has 0 aliphatic carbocycles. The summed E-state index contributed by atoms with van der Waals surface area (Å²) in [6.07, 6.45) is 1.52. The lowest BCUT2D eigenvalue weighted by Crippen LogP contribution is -2.41. The average molecular weight is 358 g/mol. The van der Waals surface area contributed by atoms with Gasteiger partial charge in [-0.2, -0.15) is 0 Å². The van der Waals surface area contributed by atoms with Gasteiger partial charge in [0.2, 0.25) is 5.91 Å². The number of tetrazole rings is 1. The largest absolute Gasteiger partial charge is 0.383 e. The fourth-order valence-corrected chi connectivity index (χ4v) is 3.46. The molecule has 0 bridgehead atoms. The van der Waals surface area contributed by atoms with Crippen molar-refractivity contribution in [2.45, 2.75) is 32.4 Å². The molecule has 2 aromatic rings. The van der Waals surface area contributed by atoms with E-state index in [1.54, 1.807) is 11.8 Å². The summed E-state index contributed by atoms with van der Waals surface area (Å²) in [6.45, 7) is 4.77. The summed E-state index contributed by atoms with van der Waals surface area (Å²) in [5.74, 6) is 0.541. The van der Waals surface area contributed by atoms with Gasteiger partial charge in [0.25, 0.3) is 0 Å². The molecule has 1 aliphatic rings. The number of nitrogens with zero attached hydrogens (tertiary/aromatic N) is 5. The van der Waals surface area contributed by atoms with Crippen LogP contribution in [-0.2, 0) is 16.1 Å². The SMILES string of the molecule is COCCn1nnnc1[C@@H](c1ccc(C)cc1)N1CCC(C(N)=O)CC1. The van der Waals surface area contributed by atoms with E-state index in [1.807, 2.05) is 0 Å². The summed E-state index contributed by atoms with van der Waals surface area (Å²) in [5.41, 5.74) is 7.83. The number of piperidine rings is 1. The Bertz CT molecular complexity index is 722. The van der Waals surface area contributed by atoms with Gasteiger partial charge in [0.15, 0.2) is 5.82 Å². The van der Waals surface area contributed by atoms with Crippen LogP contribution in [0.4, 0.5) is 0 Å². The number of rotatable bonds is 7. The first-order valence-electron chi connectivity index (χ1n) is 8.95. The van der Waals surface area contributed by atoms with E-state index in [0.29, 0.717) is 13.2 Å². The highest BCUT2D eigenvalue weighted by Gasteiger charge is 2.32. The van der Waals surface area contributed by atoms with E-state index in [0.717, 1.165) is 37.3 Å². The first-order chi connectivity index (χ1) is 12.6. The van der Waals surface area contributed by atoms with Crippen LogP contribution in [0.15, 0.2) is 24.3 Å². The van der Waals surface area contributed by atoms with Crippen molar-refractivity contribution in [3.05, 3.63) is 41.2 Å². The molecular formula is C18H26N6O2. The fraction of sp³-hybridized carbons (Fsp3) is 0.556. The molecular weight excluding hydrogens is 332 g/mol. The monoisotopic (exact) mass is 358 g/mol. The number of hydrogen-bond acceptors (Lipinski definition) is 6. The van der Waals surface area contributed by atoms with Gasteiger partial charge in [-0.05, 0) is 48.8 Å². The lowest BCUT2D eigenvalue weighted by Gasteiger charge is -2.36. The fourth-order valence-electron chi connectivity index (χ4n) is 3.46. The molecule has 1 aliphatic heterocycles.